The summed E-state index contributed by atoms with van der Waals surface area (Å²) in [5.74, 6) is -4.21. The van der Waals surface area contributed by atoms with Gasteiger partial charge in [0.2, 0.25) is 29.5 Å². The smallest absolute Gasteiger partial charge is 0.325 e. The van der Waals surface area contributed by atoms with E-state index in [1.54, 1.807) is 32.2 Å². The molecule has 0 saturated carbocycles. The minimum absolute atomic E-state index is 0.00912. The first kappa shape index (κ1) is 36.2. The summed E-state index contributed by atoms with van der Waals surface area (Å²) in [6.45, 7) is 4.53. The molecule has 0 fully saturated rings. The number of carbonyl (C=O) groups is 6. The maximum absolute atomic E-state index is 13.5. The van der Waals surface area contributed by atoms with Crippen LogP contribution in [0, 0.1) is 5.92 Å². The zero-order valence-corrected chi connectivity index (χ0v) is 26.7. The maximum atomic E-state index is 13.5. The molecular formula is C33H43N7O7. The van der Waals surface area contributed by atoms with Gasteiger partial charge in [0.05, 0.1) is 6.04 Å². The summed E-state index contributed by atoms with van der Waals surface area (Å²) >= 11 is 0. The van der Waals surface area contributed by atoms with E-state index < -0.39 is 66.2 Å². The highest BCUT2D eigenvalue weighted by molar-refractivity contribution is 5.95. The van der Waals surface area contributed by atoms with Crippen molar-refractivity contribution in [2.45, 2.75) is 70.8 Å². The number of esters is 1. The van der Waals surface area contributed by atoms with Crippen LogP contribution in [0.25, 0.3) is 10.9 Å². The molecule has 4 unspecified atom stereocenters. The van der Waals surface area contributed by atoms with E-state index in [-0.39, 0.29) is 31.8 Å². The Hall–Kier alpha value is -5.24. The van der Waals surface area contributed by atoms with Gasteiger partial charge in [-0.25, -0.2) is 0 Å². The van der Waals surface area contributed by atoms with Crippen LogP contribution in [-0.2, 0) is 46.5 Å². The zero-order chi connectivity index (χ0) is 34.5. The number of rotatable bonds is 17. The fourth-order valence-electron chi connectivity index (χ4n) is 4.69. The number of hydrogen-bond donors (Lipinski definition) is 7. The summed E-state index contributed by atoms with van der Waals surface area (Å²) < 4.78 is 5.18. The molecule has 0 bridgehead atoms. The molecule has 14 nitrogen and oxygen atoms in total. The summed E-state index contributed by atoms with van der Waals surface area (Å²) in [5.41, 5.74) is 13.5. The fraction of sp³-hybridized carbons (Fsp3) is 0.394. The molecule has 0 aliphatic heterocycles. The van der Waals surface area contributed by atoms with Gasteiger partial charge < -0.3 is 42.5 Å². The Bertz CT molecular complexity index is 1560. The number of nitrogens with two attached hydrogens (primary N) is 2. The highest BCUT2D eigenvalue weighted by Gasteiger charge is 2.30. The van der Waals surface area contributed by atoms with Crippen molar-refractivity contribution < 1.29 is 33.5 Å². The van der Waals surface area contributed by atoms with Gasteiger partial charge in [-0.3, -0.25) is 28.8 Å². The van der Waals surface area contributed by atoms with Gasteiger partial charge in [0, 0.05) is 29.9 Å². The summed E-state index contributed by atoms with van der Waals surface area (Å²) in [7, 11) is 0. The van der Waals surface area contributed by atoms with Crippen LogP contribution in [0.4, 0.5) is 0 Å². The van der Waals surface area contributed by atoms with Crippen molar-refractivity contribution in [3.8, 4) is 0 Å². The first-order valence-corrected chi connectivity index (χ1v) is 15.3. The number of ether oxygens (including phenoxy) is 1. The Morgan fingerprint density at radius 1 is 0.830 bits per heavy atom. The first-order chi connectivity index (χ1) is 22.3. The van der Waals surface area contributed by atoms with Gasteiger partial charge in [-0.1, -0.05) is 62.4 Å². The molecule has 9 N–H and O–H groups in total. The number of H-pyrrole nitrogens is 1. The predicted octanol–water partition coefficient (Wildman–Crippen LogP) is 0.293. The average Bonchev–Trinajstić information content (AvgIpc) is 3.46. The van der Waals surface area contributed by atoms with E-state index >= 15 is 0 Å². The van der Waals surface area contributed by atoms with Gasteiger partial charge in [0.1, 0.15) is 31.3 Å². The van der Waals surface area contributed by atoms with Crippen LogP contribution in [0.1, 0.15) is 44.7 Å². The number of aromatic nitrogens is 1. The molecule has 14 heteroatoms. The van der Waals surface area contributed by atoms with Crippen LogP contribution in [-0.4, -0.2) is 71.2 Å². The lowest BCUT2D eigenvalue weighted by atomic mass is 10.0. The molecule has 0 saturated heterocycles. The minimum Gasteiger partial charge on any atom is -0.460 e. The number of fused-ring (bicyclic) bond motifs is 1. The van der Waals surface area contributed by atoms with E-state index in [0.29, 0.717) is 0 Å². The number of benzene rings is 2. The molecule has 3 aromatic rings. The van der Waals surface area contributed by atoms with E-state index in [1.165, 1.54) is 6.92 Å². The monoisotopic (exact) mass is 649 g/mol. The number of para-hydroxylation sites is 1. The standard InChI is InChI=1S/C33H43N7O7/c1-19(2)29(33(46)37-17-28(42)47-18-21-9-5-4-6-10-21)40-30(43)20(3)38-32(45)26(39-31(44)24(34)13-14-27(35)41)15-22-16-36-25-12-8-7-11-23(22)25/h4-12,16,19-20,24,26,29,36H,13-15,17-18,34H2,1-3H3,(H2,35,41)(H,37,46)(H,38,45)(H,39,44)(H,40,43). The van der Waals surface area contributed by atoms with Gasteiger partial charge in [-0.05, 0) is 36.5 Å². The van der Waals surface area contributed by atoms with Gasteiger partial charge in [-0.15, -0.1) is 0 Å². The normalized spacial score (nSPS) is 13.6. The van der Waals surface area contributed by atoms with Crippen LogP contribution in [0.15, 0.2) is 60.8 Å². The minimum atomic E-state index is -1.14. The highest BCUT2D eigenvalue weighted by atomic mass is 16.5. The van der Waals surface area contributed by atoms with Crippen LogP contribution in [0.5, 0.6) is 0 Å². The first-order valence-electron chi connectivity index (χ1n) is 15.3. The molecule has 0 aliphatic carbocycles. The second-order valence-electron chi connectivity index (χ2n) is 11.6. The quantitative estimate of drug-likeness (QED) is 0.100. The summed E-state index contributed by atoms with van der Waals surface area (Å²) in [6, 6.07) is 12.1. The van der Waals surface area contributed by atoms with Gasteiger partial charge in [0.25, 0.3) is 0 Å². The second-order valence-corrected chi connectivity index (χ2v) is 11.6. The number of primary amides is 1. The van der Waals surface area contributed by atoms with Crippen LogP contribution >= 0.6 is 0 Å². The second kappa shape index (κ2) is 17.5. The van der Waals surface area contributed by atoms with Gasteiger partial charge in [-0.2, -0.15) is 0 Å². The number of carbonyl (C=O) groups excluding carboxylic acids is 6. The molecule has 4 atom stereocenters. The molecule has 2 aromatic carbocycles. The molecule has 1 heterocycles. The van der Waals surface area contributed by atoms with Gasteiger partial charge >= 0.3 is 5.97 Å². The third kappa shape index (κ3) is 11.3. The number of hydrogen-bond acceptors (Lipinski definition) is 8. The Morgan fingerprint density at radius 3 is 2.19 bits per heavy atom. The molecule has 5 amide bonds. The van der Waals surface area contributed by atoms with Crippen molar-refractivity contribution in [2.24, 2.45) is 17.4 Å². The lowest BCUT2D eigenvalue weighted by Crippen LogP contribution is -2.58. The highest BCUT2D eigenvalue weighted by Crippen LogP contribution is 2.19. The lowest BCUT2D eigenvalue weighted by molar-refractivity contribution is -0.145. The molecule has 47 heavy (non-hydrogen) atoms. The van der Waals surface area contributed by atoms with Crippen molar-refractivity contribution in [1.29, 1.82) is 0 Å². The van der Waals surface area contributed by atoms with Crippen LogP contribution < -0.4 is 32.7 Å². The van der Waals surface area contributed by atoms with Crippen molar-refractivity contribution in [3.63, 3.8) is 0 Å². The largest absolute Gasteiger partial charge is 0.460 e. The topological polar surface area (TPSA) is 228 Å². The fourth-order valence-corrected chi connectivity index (χ4v) is 4.69. The third-order valence-electron chi connectivity index (χ3n) is 7.42. The summed E-state index contributed by atoms with van der Waals surface area (Å²) in [5, 5.41) is 11.2. The maximum Gasteiger partial charge on any atom is 0.325 e. The van der Waals surface area contributed by atoms with E-state index in [1.807, 2.05) is 42.5 Å². The summed E-state index contributed by atoms with van der Waals surface area (Å²) in [6.07, 6.45) is 1.68. The Morgan fingerprint density at radius 2 is 1.51 bits per heavy atom. The van der Waals surface area contributed by atoms with Crippen LogP contribution in [0.3, 0.4) is 0 Å². The SMILES string of the molecule is CC(NC(=O)C(Cc1c[nH]c2ccccc12)NC(=O)C(N)CCC(N)=O)C(=O)NC(C(=O)NCC(=O)OCc1ccccc1)C(C)C. The van der Waals surface area contributed by atoms with E-state index in [4.69, 9.17) is 16.2 Å². The molecule has 252 valence electrons. The zero-order valence-electron chi connectivity index (χ0n) is 26.7. The van der Waals surface area contributed by atoms with E-state index in [2.05, 4.69) is 26.3 Å². The number of amides is 5. The molecule has 0 spiro atoms. The molecule has 3 rings (SSSR count). The van der Waals surface area contributed by atoms with Crippen molar-refractivity contribution in [2.75, 3.05) is 6.54 Å². The molecular weight excluding hydrogens is 606 g/mol. The van der Waals surface area contributed by atoms with Gasteiger partial charge in [0.15, 0.2) is 0 Å². The Labute approximate surface area is 272 Å². The lowest BCUT2D eigenvalue weighted by Gasteiger charge is -2.25. The number of nitrogens with one attached hydrogen (secondary N) is 5. The molecule has 1 aromatic heterocycles. The van der Waals surface area contributed by atoms with Crippen molar-refractivity contribution in [1.82, 2.24) is 26.3 Å². The Kier molecular flexibility index (Phi) is 13.5. The van der Waals surface area contributed by atoms with E-state index in [9.17, 15) is 28.8 Å². The predicted molar refractivity (Wildman–Crippen MR) is 174 cm³/mol. The molecule has 0 aliphatic rings. The molecule has 0 radical (unpaired) electrons. The number of aromatic amines is 1. The van der Waals surface area contributed by atoms with E-state index in [0.717, 1.165) is 22.0 Å². The average molecular weight is 650 g/mol. The third-order valence-corrected chi connectivity index (χ3v) is 7.42. The Balaban J connectivity index is 1.62. The van der Waals surface area contributed by atoms with Crippen molar-refractivity contribution >= 4 is 46.4 Å². The summed E-state index contributed by atoms with van der Waals surface area (Å²) in [4.78, 5) is 78.8. The van der Waals surface area contributed by atoms with Crippen molar-refractivity contribution in [3.05, 3.63) is 71.9 Å². The van der Waals surface area contributed by atoms with Crippen LogP contribution in [0.2, 0.25) is 0 Å².